The van der Waals surface area contributed by atoms with Crippen LogP contribution >= 0.6 is 23.2 Å². The zero-order chi connectivity index (χ0) is 31.7. The molecule has 2 aromatic carbocycles. The highest BCUT2D eigenvalue weighted by Crippen LogP contribution is 2.43. The Hall–Kier alpha value is -4.40. The molecule has 43 heavy (non-hydrogen) atoms. The summed E-state index contributed by atoms with van der Waals surface area (Å²) in [6, 6.07) is 12.2. The summed E-state index contributed by atoms with van der Waals surface area (Å²) >= 11 is 12.5. The van der Waals surface area contributed by atoms with E-state index in [1.165, 1.54) is 21.7 Å². The minimum atomic E-state index is -1.38. The number of imidazole rings is 1. The molecule has 11 nitrogen and oxygen atoms in total. The summed E-state index contributed by atoms with van der Waals surface area (Å²) in [5, 5.41) is 12.4. The lowest BCUT2D eigenvalue weighted by Gasteiger charge is -2.27. The highest BCUT2D eigenvalue weighted by molar-refractivity contribution is 6.35. The lowest BCUT2D eigenvalue weighted by molar-refractivity contribution is -0.157. The summed E-state index contributed by atoms with van der Waals surface area (Å²) in [7, 11) is 0. The van der Waals surface area contributed by atoms with Gasteiger partial charge in [-0.05, 0) is 70.0 Å². The number of hydrogen-bond donors (Lipinski definition) is 2. The van der Waals surface area contributed by atoms with Gasteiger partial charge < -0.3 is 15.8 Å². The van der Waals surface area contributed by atoms with Crippen molar-refractivity contribution in [2.24, 2.45) is 5.73 Å². The number of primary amides is 1. The number of nitrogens with two attached hydrogens (primary N) is 1. The standard InChI is InChI=1S/C30H30Cl2N6O5/c1-29(2,3)43-26(41)22(9-10-24(34)39)36-25(40)23-16-35-28-37(21-12-19(31)11-20(32)13-21)27(42)30(4,38(23)28)14-17-5-7-18(15-33)8-6-17/h5-8,11-13,16,22H,9-10,14H2,1-4H3,(H2,34,39)(H,36,40). The molecule has 0 fully saturated rings. The van der Waals surface area contributed by atoms with Gasteiger partial charge in [-0.25, -0.2) is 14.7 Å². The zero-order valence-corrected chi connectivity index (χ0v) is 25.5. The minimum Gasteiger partial charge on any atom is -0.458 e. The fourth-order valence-corrected chi connectivity index (χ4v) is 5.38. The molecule has 3 aromatic rings. The van der Waals surface area contributed by atoms with Gasteiger partial charge in [-0.15, -0.1) is 0 Å². The average molecular weight is 626 g/mol. The number of fused-ring (bicyclic) bond motifs is 1. The molecule has 2 heterocycles. The fraction of sp³-hybridized carbons (Fsp3) is 0.333. The third-order valence-electron chi connectivity index (χ3n) is 6.75. The number of esters is 1. The van der Waals surface area contributed by atoms with E-state index < -0.39 is 40.9 Å². The van der Waals surface area contributed by atoms with Gasteiger partial charge in [0.1, 0.15) is 22.9 Å². The Bertz CT molecular complexity index is 1620. The topological polar surface area (TPSA) is 160 Å². The molecule has 0 saturated heterocycles. The Morgan fingerprint density at radius 2 is 1.77 bits per heavy atom. The molecule has 0 aliphatic carbocycles. The SMILES string of the molecule is CC(C)(C)OC(=O)C(CCC(N)=O)NC(=O)c1cnc2n1C(C)(Cc1ccc(C#N)cc1)C(=O)N2c1cc(Cl)cc(Cl)c1. The molecular weight excluding hydrogens is 595 g/mol. The van der Waals surface area contributed by atoms with Gasteiger partial charge in [-0.2, -0.15) is 5.26 Å². The van der Waals surface area contributed by atoms with E-state index in [1.54, 1.807) is 64.1 Å². The van der Waals surface area contributed by atoms with Crippen LogP contribution in [0.5, 0.6) is 0 Å². The largest absolute Gasteiger partial charge is 0.458 e. The second-order valence-corrected chi connectivity index (χ2v) is 12.2. The molecule has 4 rings (SSSR count). The highest BCUT2D eigenvalue weighted by Gasteiger charge is 2.51. The lowest BCUT2D eigenvalue weighted by Crippen LogP contribution is -2.47. The van der Waals surface area contributed by atoms with Crippen LogP contribution in [0.15, 0.2) is 48.7 Å². The predicted molar refractivity (Wildman–Crippen MR) is 160 cm³/mol. The van der Waals surface area contributed by atoms with Crippen LogP contribution in [0.3, 0.4) is 0 Å². The van der Waals surface area contributed by atoms with E-state index in [2.05, 4.69) is 16.4 Å². The summed E-state index contributed by atoms with van der Waals surface area (Å²) in [5.74, 6) is -2.39. The quantitative estimate of drug-likeness (QED) is 0.333. The smallest absolute Gasteiger partial charge is 0.329 e. The van der Waals surface area contributed by atoms with E-state index in [0.29, 0.717) is 21.3 Å². The number of nitriles is 1. The van der Waals surface area contributed by atoms with Crippen LogP contribution in [-0.2, 0) is 31.1 Å². The van der Waals surface area contributed by atoms with E-state index in [4.69, 9.17) is 33.7 Å². The van der Waals surface area contributed by atoms with Crippen molar-refractivity contribution in [3.05, 3.63) is 75.5 Å². The van der Waals surface area contributed by atoms with Crippen molar-refractivity contribution < 1.29 is 23.9 Å². The van der Waals surface area contributed by atoms with Gasteiger partial charge in [0.05, 0.1) is 23.5 Å². The number of nitrogens with one attached hydrogen (secondary N) is 1. The van der Waals surface area contributed by atoms with E-state index in [0.717, 1.165) is 5.56 Å². The second kappa shape index (κ2) is 12.1. The first-order valence-corrected chi connectivity index (χ1v) is 14.1. The van der Waals surface area contributed by atoms with Crippen molar-refractivity contribution in [3.8, 4) is 6.07 Å². The summed E-state index contributed by atoms with van der Waals surface area (Å²) in [6.07, 6.45) is 1.16. The van der Waals surface area contributed by atoms with Crippen molar-refractivity contribution in [1.82, 2.24) is 14.9 Å². The number of aromatic nitrogens is 2. The highest BCUT2D eigenvalue weighted by atomic mass is 35.5. The number of anilines is 2. The maximum atomic E-state index is 14.2. The van der Waals surface area contributed by atoms with Gasteiger partial charge in [-0.3, -0.25) is 19.0 Å². The van der Waals surface area contributed by atoms with Crippen molar-refractivity contribution in [2.45, 2.75) is 64.1 Å². The summed E-state index contributed by atoms with van der Waals surface area (Å²) in [6.45, 7) is 6.70. The number of carbonyl (C=O) groups excluding carboxylic acids is 4. The zero-order valence-electron chi connectivity index (χ0n) is 24.0. The molecule has 3 N–H and O–H groups in total. The number of amides is 3. The van der Waals surface area contributed by atoms with Gasteiger partial charge in [0.15, 0.2) is 0 Å². The second-order valence-electron chi connectivity index (χ2n) is 11.4. The molecule has 0 radical (unpaired) electrons. The fourth-order valence-electron chi connectivity index (χ4n) is 4.86. The Labute approximate surface area is 258 Å². The lowest BCUT2D eigenvalue weighted by atomic mass is 9.91. The molecule has 2 atom stereocenters. The first-order chi connectivity index (χ1) is 20.1. The molecule has 2 unspecified atom stereocenters. The molecule has 0 saturated carbocycles. The van der Waals surface area contributed by atoms with E-state index in [1.807, 2.05) is 0 Å². The molecule has 1 aliphatic rings. The van der Waals surface area contributed by atoms with Crippen molar-refractivity contribution >= 4 is 58.5 Å². The first-order valence-electron chi connectivity index (χ1n) is 13.3. The van der Waals surface area contributed by atoms with Gasteiger partial charge in [-0.1, -0.05) is 35.3 Å². The molecule has 3 amide bonds. The normalized spacial score (nSPS) is 16.8. The van der Waals surface area contributed by atoms with Gasteiger partial charge >= 0.3 is 5.97 Å². The molecule has 13 heteroatoms. The van der Waals surface area contributed by atoms with Crippen LogP contribution in [0.1, 0.15) is 62.2 Å². The van der Waals surface area contributed by atoms with E-state index in [9.17, 15) is 24.4 Å². The summed E-state index contributed by atoms with van der Waals surface area (Å²) in [4.78, 5) is 58.2. The van der Waals surface area contributed by atoms with Crippen molar-refractivity contribution in [3.63, 3.8) is 0 Å². The molecule has 224 valence electrons. The Balaban J connectivity index is 1.78. The molecule has 1 aliphatic heterocycles. The monoisotopic (exact) mass is 624 g/mol. The molecular formula is C30H30Cl2N6O5. The number of halogens is 2. The van der Waals surface area contributed by atoms with Gasteiger partial charge in [0.2, 0.25) is 11.9 Å². The van der Waals surface area contributed by atoms with Crippen LogP contribution in [0.25, 0.3) is 0 Å². The number of nitrogens with zero attached hydrogens (tertiary/aromatic N) is 4. The Kier molecular flexibility index (Phi) is 8.85. The maximum Gasteiger partial charge on any atom is 0.329 e. The molecule has 1 aromatic heterocycles. The maximum absolute atomic E-state index is 14.2. The predicted octanol–water partition coefficient (Wildman–Crippen LogP) is 4.40. The average Bonchev–Trinajstić information content (AvgIpc) is 3.43. The summed E-state index contributed by atoms with van der Waals surface area (Å²) in [5.41, 5.74) is 4.58. The van der Waals surface area contributed by atoms with Crippen LogP contribution in [0.4, 0.5) is 11.6 Å². The van der Waals surface area contributed by atoms with Crippen LogP contribution < -0.4 is 16.0 Å². The first kappa shape index (κ1) is 31.5. The third kappa shape index (κ3) is 6.82. The third-order valence-corrected chi connectivity index (χ3v) is 7.18. The van der Waals surface area contributed by atoms with E-state index >= 15 is 0 Å². The Morgan fingerprint density at radius 3 is 2.33 bits per heavy atom. The summed E-state index contributed by atoms with van der Waals surface area (Å²) < 4.78 is 6.96. The number of carbonyl (C=O) groups is 4. The van der Waals surface area contributed by atoms with E-state index in [-0.39, 0.29) is 30.9 Å². The number of ether oxygens (including phenoxy) is 1. The van der Waals surface area contributed by atoms with Crippen molar-refractivity contribution in [1.29, 1.82) is 5.26 Å². The van der Waals surface area contributed by atoms with Crippen molar-refractivity contribution in [2.75, 3.05) is 4.90 Å². The minimum absolute atomic E-state index is 0.0113. The number of rotatable bonds is 9. The number of benzene rings is 2. The van der Waals surface area contributed by atoms with Crippen LogP contribution in [0, 0.1) is 11.3 Å². The van der Waals surface area contributed by atoms with Gasteiger partial charge in [0, 0.05) is 22.9 Å². The van der Waals surface area contributed by atoms with Crippen LogP contribution in [-0.4, -0.2) is 44.9 Å². The molecule has 0 spiro atoms. The number of hydrogen-bond acceptors (Lipinski definition) is 7. The molecule has 0 bridgehead atoms. The van der Waals surface area contributed by atoms with Gasteiger partial charge in [0.25, 0.3) is 11.8 Å². The van der Waals surface area contributed by atoms with Crippen LogP contribution in [0.2, 0.25) is 10.0 Å². The Morgan fingerprint density at radius 1 is 1.14 bits per heavy atom.